The van der Waals surface area contributed by atoms with Gasteiger partial charge in [-0.1, -0.05) is 0 Å². The van der Waals surface area contributed by atoms with Gasteiger partial charge in [-0.3, -0.25) is 5.43 Å². The summed E-state index contributed by atoms with van der Waals surface area (Å²) in [5.41, 5.74) is 9.26. The lowest BCUT2D eigenvalue weighted by Crippen LogP contribution is -2.24. The Kier molecular flexibility index (Phi) is 5.21. The number of benzene rings is 1. The number of methoxy groups -OCH3 is 2. The minimum Gasteiger partial charge on any atom is -0.493 e. The molecule has 2 rings (SSSR count). The first kappa shape index (κ1) is 15.6. The Morgan fingerprint density at radius 3 is 2.50 bits per heavy atom. The number of ether oxygens (including phenoxy) is 2. The van der Waals surface area contributed by atoms with E-state index in [1.807, 2.05) is 12.1 Å². The van der Waals surface area contributed by atoms with Crippen LogP contribution in [0.25, 0.3) is 11.4 Å². The summed E-state index contributed by atoms with van der Waals surface area (Å²) < 4.78 is 10.5. The number of nitrogens with two attached hydrogens (primary N) is 1. The molecule has 0 fully saturated rings. The zero-order chi connectivity index (χ0) is 15.9. The van der Waals surface area contributed by atoms with Crippen LogP contribution in [0.2, 0.25) is 0 Å². The third-order valence-electron chi connectivity index (χ3n) is 2.70. The van der Waals surface area contributed by atoms with Gasteiger partial charge in [0.15, 0.2) is 22.4 Å². The number of thiocarbonyl (C=S) groups is 1. The summed E-state index contributed by atoms with van der Waals surface area (Å²) >= 11 is 4.64. The van der Waals surface area contributed by atoms with Crippen LogP contribution in [0.1, 0.15) is 5.56 Å². The molecular weight excluding hydrogens is 302 g/mol. The number of aromatic nitrogens is 2. The Balaban J connectivity index is 2.20. The molecule has 0 aliphatic carbocycles. The monoisotopic (exact) mass is 317 g/mol. The summed E-state index contributed by atoms with van der Waals surface area (Å²) in [6, 6.07) is 5.48. The summed E-state index contributed by atoms with van der Waals surface area (Å²) in [5.74, 6) is 1.84. The van der Waals surface area contributed by atoms with Gasteiger partial charge in [0, 0.05) is 23.5 Å². The van der Waals surface area contributed by atoms with Gasteiger partial charge in [-0.2, -0.15) is 5.10 Å². The highest BCUT2D eigenvalue weighted by Gasteiger charge is 2.07. The van der Waals surface area contributed by atoms with Crippen LogP contribution < -0.4 is 20.6 Å². The van der Waals surface area contributed by atoms with E-state index in [0.29, 0.717) is 22.9 Å². The largest absolute Gasteiger partial charge is 0.493 e. The van der Waals surface area contributed by atoms with Crippen LogP contribution >= 0.6 is 12.2 Å². The molecule has 8 heteroatoms. The van der Waals surface area contributed by atoms with E-state index in [0.717, 1.165) is 5.56 Å². The minimum absolute atomic E-state index is 0.0964. The van der Waals surface area contributed by atoms with Crippen molar-refractivity contribution in [2.24, 2.45) is 10.8 Å². The van der Waals surface area contributed by atoms with Crippen molar-refractivity contribution in [1.29, 1.82) is 0 Å². The maximum absolute atomic E-state index is 5.26. The van der Waals surface area contributed by atoms with Crippen LogP contribution in [0.15, 0.2) is 35.7 Å². The zero-order valence-corrected chi connectivity index (χ0v) is 12.9. The summed E-state index contributed by atoms with van der Waals surface area (Å²) in [4.78, 5) is 8.57. The number of nitrogens with one attached hydrogen (secondary N) is 1. The Labute approximate surface area is 133 Å². The fourth-order valence-electron chi connectivity index (χ4n) is 1.70. The Morgan fingerprint density at radius 1 is 1.23 bits per heavy atom. The summed E-state index contributed by atoms with van der Waals surface area (Å²) in [6.45, 7) is 0. The minimum atomic E-state index is 0.0964. The highest BCUT2D eigenvalue weighted by atomic mass is 32.1. The van der Waals surface area contributed by atoms with E-state index in [9.17, 15) is 0 Å². The molecule has 0 saturated carbocycles. The van der Waals surface area contributed by atoms with Gasteiger partial charge in [0.1, 0.15) is 0 Å². The lowest BCUT2D eigenvalue weighted by atomic mass is 10.2. The molecule has 114 valence electrons. The fourth-order valence-corrected chi connectivity index (χ4v) is 1.75. The van der Waals surface area contributed by atoms with Crippen molar-refractivity contribution >= 4 is 23.5 Å². The third kappa shape index (κ3) is 3.89. The van der Waals surface area contributed by atoms with Crippen LogP contribution in [-0.2, 0) is 0 Å². The Hall–Kier alpha value is -2.74. The van der Waals surface area contributed by atoms with Crippen molar-refractivity contribution < 1.29 is 9.47 Å². The lowest BCUT2D eigenvalue weighted by molar-refractivity contribution is 0.355. The molecule has 0 spiro atoms. The average molecular weight is 317 g/mol. The molecule has 0 amide bonds. The molecule has 0 unspecified atom stereocenters. The topological polar surface area (TPSA) is 94.7 Å². The maximum atomic E-state index is 5.26. The second kappa shape index (κ2) is 7.32. The zero-order valence-electron chi connectivity index (χ0n) is 12.1. The molecule has 22 heavy (non-hydrogen) atoms. The molecule has 7 nitrogen and oxygen atoms in total. The van der Waals surface area contributed by atoms with Crippen molar-refractivity contribution in [3.8, 4) is 22.9 Å². The number of nitrogens with zero attached hydrogens (tertiary/aromatic N) is 3. The molecule has 1 aromatic carbocycles. The molecule has 1 aromatic heterocycles. The first-order valence-corrected chi connectivity index (χ1v) is 6.68. The second-order valence-corrected chi connectivity index (χ2v) is 4.58. The number of hydrogen-bond donors (Lipinski definition) is 2. The van der Waals surface area contributed by atoms with Gasteiger partial charge in [-0.25, -0.2) is 9.97 Å². The molecule has 0 radical (unpaired) electrons. The van der Waals surface area contributed by atoms with E-state index in [-0.39, 0.29) is 5.11 Å². The molecule has 0 atom stereocenters. The van der Waals surface area contributed by atoms with Crippen LogP contribution in [0, 0.1) is 0 Å². The van der Waals surface area contributed by atoms with E-state index >= 15 is 0 Å². The quantitative estimate of drug-likeness (QED) is 0.488. The summed E-state index contributed by atoms with van der Waals surface area (Å²) in [7, 11) is 3.17. The van der Waals surface area contributed by atoms with Gasteiger partial charge in [0.2, 0.25) is 0 Å². The van der Waals surface area contributed by atoms with Gasteiger partial charge in [-0.15, -0.1) is 0 Å². The third-order valence-corrected chi connectivity index (χ3v) is 2.79. The molecule has 0 saturated heterocycles. The molecule has 0 aliphatic heterocycles. The van der Waals surface area contributed by atoms with E-state index < -0.39 is 0 Å². The van der Waals surface area contributed by atoms with Crippen molar-refractivity contribution in [3.05, 3.63) is 36.2 Å². The van der Waals surface area contributed by atoms with Gasteiger partial charge in [0.05, 0.1) is 20.4 Å². The normalized spacial score (nSPS) is 10.5. The van der Waals surface area contributed by atoms with Crippen molar-refractivity contribution in [2.75, 3.05) is 14.2 Å². The predicted octanol–water partition coefficient (Wildman–Crippen LogP) is 1.33. The van der Waals surface area contributed by atoms with E-state index in [4.69, 9.17) is 15.2 Å². The molecular formula is C14H15N5O2S. The number of hydrazone groups is 1. The SMILES string of the molecule is COc1ccc(-c2ncc(/C=N/NC(N)=S)cn2)cc1OC. The van der Waals surface area contributed by atoms with Crippen LogP contribution in [0.4, 0.5) is 0 Å². The predicted molar refractivity (Wildman–Crippen MR) is 88.1 cm³/mol. The van der Waals surface area contributed by atoms with E-state index in [2.05, 4.69) is 32.7 Å². The van der Waals surface area contributed by atoms with Gasteiger partial charge in [0.25, 0.3) is 0 Å². The Morgan fingerprint density at radius 2 is 1.91 bits per heavy atom. The molecule has 0 aliphatic rings. The lowest BCUT2D eigenvalue weighted by Gasteiger charge is -2.08. The van der Waals surface area contributed by atoms with Gasteiger partial charge in [-0.05, 0) is 30.4 Å². The first-order valence-electron chi connectivity index (χ1n) is 6.27. The second-order valence-electron chi connectivity index (χ2n) is 4.14. The molecule has 2 aromatic rings. The van der Waals surface area contributed by atoms with Gasteiger partial charge >= 0.3 is 0 Å². The highest BCUT2D eigenvalue weighted by Crippen LogP contribution is 2.30. The fraction of sp³-hybridized carbons (Fsp3) is 0.143. The number of rotatable bonds is 5. The van der Waals surface area contributed by atoms with Crippen LogP contribution in [0.5, 0.6) is 11.5 Å². The summed E-state index contributed by atoms with van der Waals surface area (Å²) in [6.07, 6.45) is 4.81. The standard InChI is InChI=1S/C14H15N5O2S/c1-20-11-4-3-10(5-12(11)21-2)13-16-6-9(7-17-13)8-18-19-14(15)22/h3-8H,1-2H3,(H3,15,19,22)/b18-8+. The molecule has 1 heterocycles. The number of hydrogen-bond acceptors (Lipinski definition) is 6. The first-order chi connectivity index (χ1) is 10.6. The smallest absolute Gasteiger partial charge is 0.184 e. The van der Waals surface area contributed by atoms with Crippen molar-refractivity contribution in [1.82, 2.24) is 15.4 Å². The van der Waals surface area contributed by atoms with Crippen molar-refractivity contribution in [3.63, 3.8) is 0 Å². The van der Waals surface area contributed by atoms with Crippen LogP contribution in [-0.4, -0.2) is 35.5 Å². The summed E-state index contributed by atoms with van der Waals surface area (Å²) in [5, 5.41) is 3.93. The molecule has 0 bridgehead atoms. The van der Waals surface area contributed by atoms with Crippen LogP contribution in [0.3, 0.4) is 0 Å². The van der Waals surface area contributed by atoms with Crippen molar-refractivity contribution in [2.45, 2.75) is 0 Å². The Bertz CT molecular complexity index is 688. The van der Waals surface area contributed by atoms with Gasteiger partial charge < -0.3 is 15.2 Å². The van der Waals surface area contributed by atoms with E-state index in [1.54, 1.807) is 32.7 Å². The van der Waals surface area contributed by atoms with E-state index in [1.165, 1.54) is 6.21 Å². The maximum Gasteiger partial charge on any atom is 0.184 e. The highest BCUT2D eigenvalue weighted by molar-refractivity contribution is 7.80. The molecule has 3 N–H and O–H groups in total. The average Bonchev–Trinajstić information content (AvgIpc) is 2.54.